The van der Waals surface area contributed by atoms with E-state index >= 15 is 0 Å². The molecule has 11 heteroatoms. The van der Waals surface area contributed by atoms with Crippen LogP contribution in [0.15, 0.2) is 48.5 Å². The monoisotopic (exact) mass is 441 g/mol. The van der Waals surface area contributed by atoms with Gasteiger partial charge in [-0.3, -0.25) is 39.7 Å². The third-order valence-corrected chi connectivity index (χ3v) is 4.79. The molecule has 1 saturated heterocycles. The largest absolute Gasteiger partial charge is 0.497 e. The van der Waals surface area contributed by atoms with Crippen molar-refractivity contribution in [3.05, 3.63) is 69.8 Å². The van der Waals surface area contributed by atoms with Crippen LogP contribution in [0, 0.1) is 16.0 Å². The molecule has 0 radical (unpaired) electrons. The summed E-state index contributed by atoms with van der Waals surface area (Å²) in [6, 6.07) is 11.1. The number of esters is 1. The number of hydrogen-bond donors (Lipinski definition) is 1. The number of carbonyl (C=O) groups excluding carboxylic acids is 4. The molecule has 32 heavy (non-hydrogen) atoms. The van der Waals surface area contributed by atoms with E-state index in [0.29, 0.717) is 11.3 Å². The molecular formula is C21H19N3O8. The average molecular weight is 441 g/mol. The van der Waals surface area contributed by atoms with E-state index in [1.54, 1.807) is 24.3 Å². The number of ketones is 1. The van der Waals surface area contributed by atoms with Gasteiger partial charge in [-0.05, 0) is 36.4 Å². The Hall–Kier alpha value is -4.28. The molecule has 1 heterocycles. The van der Waals surface area contributed by atoms with Crippen molar-refractivity contribution in [2.24, 2.45) is 5.92 Å². The van der Waals surface area contributed by atoms with Gasteiger partial charge in [-0.1, -0.05) is 0 Å². The van der Waals surface area contributed by atoms with Crippen LogP contribution < -0.4 is 10.2 Å². The minimum atomic E-state index is -0.844. The van der Waals surface area contributed by atoms with Crippen molar-refractivity contribution in [1.29, 1.82) is 0 Å². The Kier molecular flexibility index (Phi) is 6.78. The third kappa shape index (κ3) is 5.25. The summed E-state index contributed by atoms with van der Waals surface area (Å²) < 4.78 is 10.1. The summed E-state index contributed by atoms with van der Waals surface area (Å²) in [6.45, 7) is -0.599. The number of methoxy groups -OCH3 is 1. The molecule has 0 bridgehead atoms. The molecule has 1 fully saturated rings. The second kappa shape index (κ2) is 9.69. The molecule has 1 aliphatic heterocycles. The summed E-state index contributed by atoms with van der Waals surface area (Å²) in [6.07, 6.45) is -0.184. The number of Topliss-reactive ketones (excluding diaryl/α,β-unsaturated/α-hetero) is 1. The number of non-ortho nitro benzene ring substituents is 1. The van der Waals surface area contributed by atoms with Gasteiger partial charge >= 0.3 is 5.97 Å². The zero-order valence-corrected chi connectivity index (χ0v) is 17.0. The van der Waals surface area contributed by atoms with Crippen LogP contribution in [0.4, 0.5) is 5.69 Å². The molecule has 0 aliphatic carbocycles. The molecule has 1 atom stereocenters. The molecular weight excluding hydrogens is 422 g/mol. The fourth-order valence-corrected chi connectivity index (χ4v) is 3.01. The molecule has 0 spiro atoms. The van der Waals surface area contributed by atoms with Crippen molar-refractivity contribution in [2.45, 2.75) is 6.42 Å². The van der Waals surface area contributed by atoms with Crippen molar-refractivity contribution >= 4 is 29.3 Å². The molecule has 2 aromatic rings. The molecule has 2 amide bonds. The van der Waals surface area contributed by atoms with Gasteiger partial charge < -0.3 is 9.47 Å². The van der Waals surface area contributed by atoms with E-state index in [4.69, 9.17) is 9.47 Å². The highest BCUT2D eigenvalue weighted by molar-refractivity contribution is 5.99. The van der Waals surface area contributed by atoms with Gasteiger partial charge in [0.2, 0.25) is 5.91 Å². The van der Waals surface area contributed by atoms with Crippen molar-refractivity contribution in [3.8, 4) is 5.75 Å². The Bertz CT molecular complexity index is 1050. The number of nitro benzene ring substituents is 1. The van der Waals surface area contributed by atoms with E-state index in [1.807, 2.05) is 0 Å². The van der Waals surface area contributed by atoms with Crippen LogP contribution in [-0.2, 0) is 14.3 Å². The lowest BCUT2D eigenvalue weighted by Gasteiger charge is -2.17. The highest BCUT2D eigenvalue weighted by atomic mass is 16.6. The van der Waals surface area contributed by atoms with Gasteiger partial charge in [0, 0.05) is 29.7 Å². The number of nitrogens with zero attached hydrogens (tertiary/aromatic N) is 2. The maximum absolute atomic E-state index is 12.3. The zero-order chi connectivity index (χ0) is 23.3. The molecule has 1 unspecified atom stereocenters. The van der Waals surface area contributed by atoms with Crippen LogP contribution >= 0.6 is 0 Å². The van der Waals surface area contributed by atoms with Crippen LogP contribution in [0.5, 0.6) is 5.75 Å². The number of hydrazine groups is 1. The van der Waals surface area contributed by atoms with Crippen molar-refractivity contribution in [2.75, 3.05) is 20.3 Å². The zero-order valence-electron chi connectivity index (χ0n) is 17.0. The van der Waals surface area contributed by atoms with Crippen molar-refractivity contribution < 1.29 is 33.6 Å². The van der Waals surface area contributed by atoms with E-state index in [2.05, 4.69) is 5.43 Å². The number of ether oxygens (including phenoxy) is 2. The highest BCUT2D eigenvalue weighted by Crippen LogP contribution is 2.19. The first kappa shape index (κ1) is 22.4. The lowest BCUT2D eigenvalue weighted by atomic mass is 10.1. The smallest absolute Gasteiger partial charge is 0.311 e. The van der Waals surface area contributed by atoms with Crippen LogP contribution in [0.1, 0.15) is 27.1 Å². The highest BCUT2D eigenvalue weighted by Gasteiger charge is 2.36. The molecule has 0 aromatic heterocycles. The second-order valence-corrected chi connectivity index (χ2v) is 6.91. The lowest BCUT2D eigenvalue weighted by Crippen LogP contribution is -2.43. The van der Waals surface area contributed by atoms with Gasteiger partial charge in [-0.25, -0.2) is 0 Å². The topological polar surface area (TPSA) is 145 Å². The molecule has 2 aromatic carbocycles. The Morgan fingerprint density at radius 1 is 1.09 bits per heavy atom. The second-order valence-electron chi connectivity index (χ2n) is 6.91. The Labute approximate surface area is 182 Å². The van der Waals surface area contributed by atoms with Gasteiger partial charge in [-0.2, -0.15) is 0 Å². The van der Waals surface area contributed by atoms with Crippen LogP contribution in [-0.4, -0.2) is 53.8 Å². The Balaban J connectivity index is 1.51. The van der Waals surface area contributed by atoms with E-state index in [9.17, 15) is 29.3 Å². The summed E-state index contributed by atoms with van der Waals surface area (Å²) in [5.41, 5.74) is 2.65. The maximum atomic E-state index is 12.3. The van der Waals surface area contributed by atoms with Crippen LogP contribution in [0.25, 0.3) is 0 Å². The number of hydrogen-bond acceptors (Lipinski definition) is 8. The summed E-state index contributed by atoms with van der Waals surface area (Å²) in [5.74, 6) is -2.55. The van der Waals surface area contributed by atoms with Crippen LogP contribution in [0.3, 0.4) is 0 Å². The van der Waals surface area contributed by atoms with E-state index in [-0.39, 0.29) is 24.2 Å². The molecule has 1 aliphatic rings. The first-order valence-corrected chi connectivity index (χ1v) is 9.48. The molecule has 3 rings (SSSR count). The van der Waals surface area contributed by atoms with E-state index in [0.717, 1.165) is 5.01 Å². The summed E-state index contributed by atoms with van der Waals surface area (Å²) in [4.78, 5) is 59.0. The lowest BCUT2D eigenvalue weighted by molar-refractivity contribution is -0.384. The van der Waals surface area contributed by atoms with Gasteiger partial charge in [0.1, 0.15) is 5.75 Å². The number of benzene rings is 2. The molecule has 166 valence electrons. The number of nitrogens with one attached hydrogen (secondary N) is 1. The van der Waals surface area contributed by atoms with Gasteiger partial charge in [0.05, 0.1) is 24.5 Å². The predicted octanol–water partition coefficient (Wildman–Crippen LogP) is 1.52. The predicted molar refractivity (Wildman–Crippen MR) is 109 cm³/mol. The standard InChI is InChI=1S/C21H19N3O8/c1-31-17-8-4-13(5-9-17)18(25)12-32-21(28)15-10-19(26)23(11-15)22-20(27)14-2-6-16(7-3-14)24(29)30/h2-9,15H,10-12H2,1H3,(H,22,27). The minimum Gasteiger partial charge on any atom is -0.497 e. The third-order valence-electron chi connectivity index (χ3n) is 4.79. The average Bonchev–Trinajstić information content (AvgIpc) is 3.17. The minimum absolute atomic E-state index is 0.111. The normalized spacial score (nSPS) is 15.2. The SMILES string of the molecule is COc1ccc(C(=O)COC(=O)C2CC(=O)N(NC(=O)c3ccc([N+](=O)[O-])cc3)C2)cc1. The van der Waals surface area contributed by atoms with Crippen molar-refractivity contribution in [3.63, 3.8) is 0 Å². The first-order valence-electron chi connectivity index (χ1n) is 9.48. The summed E-state index contributed by atoms with van der Waals surface area (Å²) >= 11 is 0. The summed E-state index contributed by atoms with van der Waals surface area (Å²) in [7, 11) is 1.50. The number of amides is 2. The molecule has 0 saturated carbocycles. The fraction of sp³-hybridized carbons (Fsp3) is 0.238. The first-order chi connectivity index (χ1) is 15.3. The Morgan fingerprint density at radius 2 is 1.72 bits per heavy atom. The van der Waals surface area contributed by atoms with E-state index < -0.39 is 41.0 Å². The van der Waals surface area contributed by atoms with E-state index in [1.165, 1.54) is 31.4 Å². The molecule has 11 nitrogen and oxygen atoms in total. The van der Waals surface area contributed by atoms with Crippen LogP contribution in [0.2, 0.25) is 0 Å². The van der Waals surface area contributed by atoms with Gasteiger partial charge in [0.25, 0.3) is 11.6 Å². The van der Waals surface area contributed by atoms with Crippen molar-refractivity contribution in [1.82, 2.24) is 10.4 Å². The number of rotatable bonds is 8. The Morgan fingerprint density at radius 3 is 2.31 bits per heavy atom. The quantitative estimate of drug-likeness (QED) is 0.281. The van der Waals surface area contributed by atoms with Gasteiger partial charge in [-0.15, -0.1) is 0 Å². The fourth-order valence-electron chi connectivity index (χ4n) is 3.01. The van der Waals surface area contributed by atoms with Gasteiger partial charge in [0.15, 0.2) is 12.4 Å². The number of nitro groups is 1. The maximum Gasteiger partial charge on any atom is 0.311 e. The molecule has 1 N–H and O–H groups in total. The number of carbonyl (C=O) groups is 4. The summed E-state index contributed by atoms with van der Waals surface area (Å²) in [5, 5.41) is 11.7.